The summed E-state index contributed by atoms with van der Waals surface area (Å²) in [5.74, 6) is 1.02. The van der Waals surface area contributed by atoms with Crippen molar-refractivity contribution < 1.29 is 9.84 Å². The van der Waals surface area contributed by atoms with Crippen molar-refractivity contribution in [3.63, 3.8) is 0 Å². The SMILES string of the molecule is CCCOc1cncc(C(O)(CCCl)c2ccccc2)c1. The summed E-state index contributed by atoms with van der Waals surface area (Å²) in [4.78, 5) is 4.18. The van der Waals surface area contributed by atoms with Gasteiger partial charge in [0.1, 0.15) is 11.4 Å². The Labute approximate surface area is 130 Å². The maximum Gasteiger partial charge on any atom is 0.137 e. The number of halogens is 1. The molecule has 112 valence electrons. The molecule has 2 aromatic rings. The van der Waals surface area contributed by atoms with Crippen molar-refractivity contribution in [2.45, 2.75) is 25.4 Å². The van der Waals surface area contributed by atoms with E-state index in [9.17, 15) is 5.11 Å². The first-order chi connectivity index (χ1) is 10.2. The Morgan fingerprint density at radius 1 is 1.19 bits per heavy atom. The van der Waals surface area contributed by atoms with E-state index in [-0.39, 0.29) is 0 Å². The lowest BCUT2D eigenvalue weighted by Crippen LogP contribution is -2.28. The van der Waals surface area contributed by atoms with Crippen LogP contribution < -0.4 is 4.74 Å². The summed E-state index contributed by atoms with van der Waals surface area (Å²) in [6, 6.07) is 11.4. The summed E-state index contributed by atoms with van der Waals surface area (Å²) >= 11 is 5.90. The molecule has 0 aliphatic rings. The first kappa shape index (κ1) is 15.8. The second-order valence-corrected chi connectivity index (χ2v) is 5.30. The summed E-state index contributed by atoms with van der Waals surface area (Å²) in [5, 5.41) is 11.1. The molecule has 1 heterocycles. The van der Waals surface area contributed by atoms with E-state index in [0.29, 0.717) is 30.2 Å². The van der Waals surface area contributed by atoms with Crippen LogP contribution in [0.5, 0.6) is 5.75 Å². The number of benzene rings is 1. The third kappa shape index (κ3) is 3.74. The summed E-state index contributed by atoms with van der Waals surface area (Å²) in [7, 11) is 0. The second-order valence-electron chi connectivity index (χ2n) is 4.92. The average Bonchev–Trinajstić information content (AvgIpc) is 2.54. The number of nitrogens with zero attached hydrogens (tertiary/aromatic N) is 1. The number of aliphatic hydroxyl groups is 1. The van der Waals surface area contributed by atoms with Crippen LogP contribution in [0.3, 0.4) is 0 Å². The topological polar surface area (TPSA) is 42.4 Å². The third-order valence-electron chi connectivity index (χ3n) is 3.37. The van der Waals surface area contributed by atoms with Gasteiger partial charge < -0.3 is 9.84 Å². The lowest BCUT2D eigenvalue weighted by molar-refractivity contribution is 0.0767. The predicted molar refractivity (Wildman–Crippen MR) is 84.8 cm³/mol. The van der Waals surface area contributed by atoms with Crippen molar-refractivity contribution in [1.29, 1.82) is 0 Å². The van der Waals surface area contributed by atoms with Crippen LogP contribution in [0, 0.1) is 0 Å². The number of pyridine rings is 1. The molecule has 0 fully saturated rings. The molecule has 3 nitrogen and oxygen atoms in total. The summed E-state index contributed by atoms with van der Waals surface area (Å²) in [5.41, 5.74) is 0.352. The molecule has 0 aliphatic carbocycles. The van der Waals surface area contributed by atoms with E-state index in [0.717, 1.165) is 12.0 Å². The van der Waals surface area contributed by atoms with Crippen LogP contribution in [-0.2, 0) is 5.60 Å². The zero-order valence-corrected chi connectivity index (χ0v) is 12.9. The molecule has 1 atom stereocenters. The monoisotopic (exact) mass is 305 g/mol. The van der Waals surface area contributed by atoms with Gasteiger partial charge in [-0.05, 0) is 24.5 Å². The standard InChI is InChI=1S/C17H20ClNO2/c1-2-10-21-16-11-15(12-19-13-16)17(20,8-9-18)14-6-4-3-5-7-14/h3-7,11-13,20H,2,8-10H2,1H3. The molecule has 0 saturated carbocycles. The fraction of sp³-hybridized carbons (Fsp3) is 0.353. The molecule has 1 aromatic carbocycles. The smallest absolute Gasteiger partial charge is 0.137 e. The van der Waals surface area contributed by atoms with Crippen LogP contribution in [0.4, 0.5) is 0 Å². The Balaban J connectivity index is 2.38. The van der Waals surface area contributed by atoms with Crippen LogP contribution in [0.15, 0.2) is 48.8 Å². The number of hydrogen-bond donors (Lipinski definition) is 1. The van der Waals surface area contributed by atoms with Gasteiger partial charge in [-0.2, -0.15) is 0 Å². The number of hydrogen-bond acceptors (Lipinski definition) is 3. The molecule has 1 unspecified atom stereocenters. The highest BCUT2D eigenvalue weighted by molar-refractivity contribution is 6.17. The minimum atomic E-state index is -1.15. The molecule has 0 saturated heterocycles. The molecule has 1 N–H and O–H groups in total. The molecule has 0 bridgehead atoms. The Bertz CT molecular complexity index is 562. The molecular formula is C17H20ClNO2. The van der Waals surface area contributed by atoms with Gasteiger partial charge in [-0.3, -0.25) is 4.98 Å². The van der Waals surface area contributed by atoms with E-state index < -0.39 is 5.60 Å². The van der Waals surface area contributed by atoms with Crippen molar-refractivity contribution in [1.82, 2.24) is 4.98 Å². The lowest BCUT2D eigenvalue weighted by atomic mass is 9.85. The van der Waals surface area contributed by atoms with Gasteiger partial charge in [0.25, 0.3) is 0 Å². The van der Waals surface area contributed by atoms with Crippen LogP contribution >= 0.6 is 11.6 Å². The van der Waals surface area contributed by atoms with Gasteiger partial charge in [0.2, 0.25) is 0 Å². The van der Waals surface area contributed by atoms with Gasteiger partial charge in [0, 0.05) is 17.6 Å². The van der Waals surface area contributed by atoms with Crippen LogP contribution in [0.1, 0.15) is 30.9 Å². The lowest BCUT2D eigenvalue weighted by Gasteiger charge is -2.28. The van der Waals surface area contributed by atoms with Crippen molar-refractivity contribution in [3.8, 4) is 5.75 Å². The molecule has 4 heteroatoms. The Morgan fingerprint density at radius 2 is 1.95 bits per heavy atom. The van der Waals surface area contributed by atoms with E-state index in [1.54, 1.807) is 12.4 Å². The molecule has 0 radical (unpaired) electrons. The van der Waals surface area contributed by atoms with Crippen LogP contribution in [0.25, 0.3) is 0 Å². The van der Waals surface area contributed by atoms with Crippen LogP contribution in [-0.4, -0.2) is 22.6 Å². The normalized spacial score (nSPS) is 13.7. The zero-order valence-electron chi connectivity index (χ0n) is 12.1. The van der Waals surface area contributed by atoms with Crippen molar-refractivity contribution >= 4 is 11.6 Å². The molecule has 0 spiro atoms. The molecule has 21 heavy (non-hydrogen) atoms. The highest BCUT2D eigenvalue weighted by atomic mass is 35.5. The quantitative estimate of drug-likeness (QED) is 0.792. The van der Waals surface area contributed by atoms with Crippen molar-refractivity contribution in [3.05, 3.63) is 59.9 Å². The van der Waals surface area contributed by atoms with Gasteiger partial charge in [-0.1, -0.05) is 37.3 Å². The van der Waals surface area contributed by atoms with Gasteiger partial charge in [-0.15, -0.1) is 11.6 Å². The maximum absolute atomic E-state index is 11.1. The number of ether oxygens (including phenoxy) is 1. The number of aromatic nitrogens is 1. The molecular weight excluding hydrogens is 286 g/mol. The van der Waals surface area contributed by atoms with Crippen molar-refractivity contribution in [2.75, 3.05) is 12.5 Å². The molecule has 0 aliphatic heterocycles. The minimum Gasteiger partial charge on any atom is -0.492 e. The van der Waals surface area contributed by atoms with Gasteiger partial charge in [0.15, 0.2) is 0 Å². The van der Waals surface area contributed by atoms with Gasteiger partial charge in [-0.25, -0.2) is 0 Å². The molecule has 0 amide bonds. The van der Waals surface area contributed by atoms with E-state index >= 15 is 0 Å². The number of alkyl halides is 1. The Hall–Kier alpha value is -1.58. The minimum absolute atomic E-state index is 0.353. The maximum atomic E-state index is 11.1. The second kappa shape index (κ2) is 7.43. The largest absolute Gasteiger partial charge is 0.492 e. The average molecular weight is 306 g/mol. The first-order valence-electron chi connectivity index (χ1n) is 7.13. The Kier molecular flexibility index (Phi) is 5.59. The summed E-state index contributed by atoms with van der Waals surface area (Å²) < 4.78 is 5.60. The van der Waals surface area contributed by atoms with E-state index in [1.165, 1.54) is 0 Å². The van der Waals surface area contributed by atoms with Crippen molar-refractivity contribution in [2.24, 2.45) is 0 Å². The van der Waals surface area contributed by atoms with E-state index in [4.69, 9.17) is 16.3 Å². The van der Waals surface area contributed by atoms with E-state index in [2.05, 4.69) is 4.98 Å². The van der Waals surface area contributed by atoms with E-state index in [1.807, 2.05) is 43.3 Å². The molecule has 1 aromatic heterocycles. The predicted octanol–water partition coefficient (Wildman–Crippen LogP) is 3.74. The zero-order chi connectivity index (χ0) is 15.1. The third-order valence-corrected chi connectivity index (χ3v) is 3.56. The highest BCUT2D eigenvalue weighted by Crippen LogP contribution is 2.34. The molecule has 2 rings (SSSR count). The van der Waals surface area contributed by atoms with Crippen LogP contribution in [0.2, 0.25) is 0 Å². The summed E-state index contributed by atoms with van der Waals surface area (Å²) in [6.45, 7) is 2.68. The first-order valence-corrected chi connectivity index (χ1v) is 7.66. The van der Waals surface area contributed by atoms with Gasteiger partial charge >= 0.3 is 0 Å². The Morgan fingerprint density at radius 3 is 2.62 bits per heavy atom. The van der Waals surface area contributed by atoms with Gasteiger partial charge in [0.05, 0.1) is 12.8 Å². The number of rotatable bonds is 7. The highest BCUT2D eigenvalue weighted by Gasteiger charge is 2.31. The summed E-state index contributed by atoms with van der Waals surface area (Å²) in [6.07, 6.45) is 4.66. The fourth-order valence-electron chi connectivity index (χ4n) is 2.25. The fourth-order valence-corrected chi connectivity index (χ4v) is 2.52.